The quantitative estimate of drug-likeness (QED) is 0.788. The number of hydrogen-bond donors (Lipinski definition) is 1. The maximum atomic E-state index is 12.8. The second kappa shape index (κ2) is 6.63. The van der Waals surface area contributed by atoms with Crippen molar-refractivity contribution in [3.05, 3.63) is 60.4 Å². The Hall–Kier alpha value is -3.15. The molecule has 0 radical (unpaired) electrons. The van der Waals surface area contributed by atoms with E-state index in [0.717, 1.165) is 29.6 Å². The van der Waals surface area contributed by atoms with Crippen LogP contribution in [0.4, 0.5) is 0 Å². The summed E-state index contributed by atoms with van der Waals surface area (Å²) >= 11 is 0. The third-order valence-electron chi connectivity index (χ3n) is 4.89. The van der Waals surface area contributed by atoms with Gasteiger partial charge in [0.15, 0.2) is 0 Å². The Morgan fingerprint density at radius 3 is 2.58 bits per heavy atom. The maximum Gasteiger partial charge on any atom is 0.326 e. The highest BCUT2D eigenvalue weighted by Gasteiger charge is 2.32. The molecule has 0 spiro atoms. The highest BCUT2D eigenvalue weighted by Crippen LogP contribution is 2.22. The number of carboxylic acid groups (broad SMARTS) is 1. The number of likely N-dealkylation sites (tertiary alicyclic amines) is 1. The van der Waals surface area contributed by atoms with Crippen molar-refractivity contribution >= 4 is 22.9 Å². The number of amides is 1. The summed E-state index contributed by atoms with van der Waals surface area (Å²) in [5.41, 5.74) is 3.31. The van der Waals surface area contributed by atoms with Crippen molar-refractivity contribution in [3.8, 4) is 5.69 Å². The molecule has 2 heterocycles. The van der Waals surface area contributed by atoms with Crippen molar-refractivity contribution in [1.29, 1.82) is 0 Å². The highest BCUT2D eigenvalue weighted by atomic mass is 16.4. The molecule has 6 nitrogen and oxygen atoms in total. The molecule has 6 heteroatoms. The Morgan fingerprint density at radius 2 is 1.81 bits per heavy atom. The zero-order valence-corrected chi connectivity index (χ0v) is 14.2. The van der Waals surface area contributed by atoms with E-state index in [1.54, 1.807) is 18.5 Å². The standard InChI is InChI=1S/C20H19N3O3/c24-19(22-12-4-3-7-18(22)20(25)26)14-8-10-15(11-9-14)23-13-21-16-5-1-2-6-17(16)23/h1-2,5-6,8-11,13,18H,3-4,7,12H2,(H,25,26). The SMILES string of the molecule is O=C(O)C1CCCCN1C(=O)c1ccc(-n2cnc3ccccc32)cc1. The second-order valence-electron chi connectivity index (χ2n) is 6.50. The smallest absolute Gasteiger partial charge is 0.326 e. The van der Waals surface area contributed by atoms with Crippen LogP contribution in [-0.4, -0.2) is 44.0 Å². The Kier molecular flexibility index (Phi) is 4.16. The summed E-state index contributed by atoms with van der Waals surface area (Å²) in [5.74, 6) is -1.15. The lowest BCUT2D eigenvalue weighted by Crippen LogP contribution is -2.47. The van der Waals surface area contributed by atoms with Gasteiger partial charge in [0.25, 0.3) is 5.91 Å². The zero-order valence-electron chi connectivity index (χ0n) is 14.2. The molecule has 0 saturated carbocycles. The van der Waals surface area contributed by atoms with E-state index in [4.69, 9.17) is 0 Å². The van der Waals surface area contributed by atoms with E-state index in [2.05, 4.69) is 4.98 Å². The number of carbonyl (C=O) groups excluding carboxylic acids is 1. The van der Waals surface area contributed by atoms with Gasteiger partial charge in [0, 0.05) is 17.8 Å². The summed E-state index contributed by atoms with van der Waals surface area (Å²) < 4.78 is 1.96. The molecule has 1 aliphatic rings. The molecular weight excluding hydrogens is 330 g/mol. The molecular formula is C20H19N3O3. The van der Waals surface area contributed by atoms with Crippen LogP contribution in [0.15, 0.2) is 54.9 Å². The van der Waals surface area contributed by atoms with Crippen LogP contribution in [0.5, 0.6) is 0 Å². The molecule has 0 aliphatic carbocycles. The average molecular weight is 349 g/mol. The number of nitrogens with zero attached hydrogens (tertiary/aromatic N) is 3. The van der Waals surface area contributed by atoms with Gasteiger partial charge in [0.05, 0.1) is 11.0 Å². The first-order chi connectivity index (χ1) is 12.6. The number of rotatable bonds is 3. The summed E-state index contributed by atoms with van der Waals surface area (Å²) in [4.78, 5) is 30.1. The minimum Gasteiger partial charge on any atom is -0.480 e. The van der Waals surface area contributed by atoms with Crippen molar-refractivity contribution in [3.63, 3.8) is 0 Å². The number of hydrogen-bond acceptors (Lipinski definition) is 3. The van der Waals surface area contributed by atoms with E-state index in [-0.39, 0.29) is 5.91 Å². The van der Waals surface area contributed by atoms with Gasteiger partial charge in [0.1, 0.15) is 12.4 Å². The zero-order chi connectivity index (χ0) is 18.1. The van der Waals surface area contributed by atoms with Crippen molar-refractivity contribution in [1.82, 2.24) is 14.5 Å². The topological polar surface area (TPSA) is 75.4 Å². The van der Waals surface area contributed by atoms with E-state index >= 15 is 0 Å². The van der Waals surface area contributed by atoms with E-state index in [9.17, 15) is 14.7 Å². The monoisotopic (exact) mass is 349 g/mol. The first-order valence-corrected chi connectivity index (χ1v) is 8.71. The minimum atomic E-state index is -0.931. The van der Waals surface area contributed by atoms with Crippen LogP contribution in [0.1, 0.15) is 29.6 Å². The molecule has 1 saturated heterocycles. The predicted octanol–water partition coefficient (Wildman–Crippen LogP) is 3.10. The normalized spacial score (nSPS) is 17.4. The third-order valence-corrected chi connectivity index (χ3v) is 4.89. The van der Waals surface area contributed by atoms with Crippen LogP contribution >= 0.6 is 0 Å². The Morgan fingerprint density at radius 1 is 1.04 bits per heavy atom. The Bertz CT molecular complexity index is 962. The van der Waals surface area contributed by atoms with Gasteiger partial charge in [-0.15, -0.1) is 0 Å². The van der Waals surface area contributed by atoms with Gasteiger partial charge in [-0.25, -0.2) is 9.78 Å². The number of carboxylic acids is 1. The van der Waals surface area contributed by atoms with Gasteiger partial charge in [-0.2, -0.15) is 0 Å². The number of para-hydroxylation sites is 2. The second-order valence-corrected chi connectivity index (χ2v) is 6.50. The van der Waals surface area contributed by atoms with Gasteiger partial charge in [-0.3, -0.25) is 9.36 Å². The lowest BCUT2D eigenvalue weighted by Gasteiger charge is -2.33. The van der Waals surface area contributed by atoms with Gasteiger partial charge >= 0.3 is 5.97 Å². The van der Waals surface area contributed by atoms with E-state index in [1.807, 2.05) is 41.0 Å². The number of aliphatic carboxylic acids is 1. The fourth-order valence-electron chi connectivity index (χ4n) is 3.53. The molecule has 1 atom stereocenters. The number of fused-ring (bicyclic) bond motifs is 1. The van der Waals surface area contributed by atoms with Crippen molar-refractivity contribution in [2.75, 3.05) is 6.54 Å². The van der Waals surface area contributed by atoms with Gasteiger partial charge < -0.3 is 10.0 Å². The number of aromatic nitrogens is 2. The molecule has 2 aromatic carbocycles. The molecule has 26 heavy (non-hydrogen) atoms. The van der Waals surface area contributed by atoms with Crippen LogP contribution in [0, 0.1) is 0 Å². The van der Waals surface area contributed by atoms with Crippen LogP contribution < -0.4 is 0 Å². The molecule has 1 aliphatic heterocycles. The van der Waals surface area contributed by atoms with Crippen LogP contribution in [0.25, 0.3) is 16.7 Å². The predicted molar refractivity (Wildman–Crippen MR) is 97.4 cm³/mol. The number of piperidine rings is 1. The number of imidazole rings is 1. The van der Waals surface area contributed by atoms with Gasteiger partial charge in [-0.1, -0.05) is 12.1 Å². The number of benzene rings is 2. The largest absolute Gasteiger partial charge is 0.480 e. The lowest BCUT2D eigenvalue weighted by atomic mass is 10.0. The van der Waals surface area contributed by atoms with E-state index in [0.29, 0.717) is 18.5 Å². The van der Waals surface area contributed by atoms with E-state index in [1.165, 1.54) is 4.90 Å². The molecule has 132 valence electrons. The van der Waals surface area contributed by atoms with E-state index < -0.39 is 12.0 Å². The molecule has 1 unspecified atom stereocenters. The van der Waals surface area contributed by atoms with Crippen molar-refractivity contribution in [2.24, 2.45) is 0 Å². The van der Waals surface area contributed by atoms with Gasteiger partial charge in [-0.05, 0) is 55.7 Å². The Balaban J connectivity index is 1.61. The first kappa shape index (κ1) is 16.3. The third kappa shape index (κ3) is 2.83. The van der Waals surface area contributed by atoms with Crippen LogP contribution in [0.2, 0.25) is 0 Å². The van der Waals surface area contributed by atoms with Crippen LogP contribution in [-0.2, 0) is 4.79 Å². The Labute approximate surface area is 150 Å². The van der Waals surface area contributed by atoms with Crippen LogP contribution in [0.3, 0.4) is 0 Å². The molecule has 1 amide bonds. The lowest BCUT2D eigenvalue weighted by molar-refractivity contribution is -0.143. The summed E-state index contributed by atoms with van der Waals surface area (Å²) in [6.07, 6.45) is 3.95. The fraction of sp³-hybridized carbons (Fsp3) is 0.250. The summed E-state index contributed by atoms with van der Waals surface area (Å²) in [6, 6.07) is 14.3. The molecule has 1 fully saturated rings. The summed E-state index contributed by atoms with van der Waals surface area (Å²) in [7, 11) is 0. The molecule has 4 rings (SSSR count). The number of carbonyl (C=O) groups is 2. The molecule has 1 N–H and O–H groups in total. The minimum absolute atomic E-state index is 0.223. The average Bonchev–Trinajstić information content (AvgIpc) is 3.11. The highest BCUT2D eigenvalue weighted by molar-refractivity contribution is 5.97. The first-order valence-electron chi connectivity index (χ1n) is 8.71. The maximum absolute atomic E-state index is 12.8. The summed E-state index contributed by atoms with van der Waals surface area (Å²) in [6.45, 7) is 0.490. The fourth-order valence-corrected chi connectivity index (χ4v) is 3.53. The summed E-state index contributed by atoms with van der Waals surface area (Å²) in [5, 5.41) is 9.37. The molecule has 3 aromatic rings. The molecule has 0 bridgehead atoms. The van der Waals surface area contributed by atoms with Crippen molar-refractivity contribution in [2.45, 2.75) is 25.3 Å². The van der Waals surface area contributed by atoms with Gasteiger partial charge in [0.2, 0.25) is 0 Å². The molecule has 1 aromatic heterocycles. The van der Waals surface area contributed by atoms with Crippen molar-refractivity contribution < 1.29 is 14.7 Å².